The molecular weight excluding hydrogens is 531 g/mol. The molecule has 0 bridgehead atoms. The van der Waals surface area contributed by atoms with Gasteiger partial charge in [0.25, 0.3) is 0 Å². The minimum absolute atomic E-state index is 0.181. The van der Waals surface area contributed by atoms with E-state index in [9.17, 15) is 31.8 Å². The number of anilines is 1. The van der Waals surface area contributed by atoms with Crippen LogP contribution in [0.4, 0.5) is 18.9 Å². The molecule has 2 atom stereocenters. The number of benzene rings is 4. The van der Waals surface area contributed by atoms with Crippen molar-refractivity contribution in [1.82, 2.24) is 0 Å². The Balaban J connectivity index is 1.60. The molecule has 4 rings (SSSR count). The fraction of sp³-hybridized carbons (Fsp3) is 0.207. The number of carboxylic acid groups (broad SMARTS) is 1. The zero-order valence-electron chi connectivity index (χ0n) is 21.0. The predicted molar refractivity (Wildman–Crippen MR) is 143 cm³/mol. The molecule has 1 N–H and O–H groups in total. The van der Waals surface area contributed by atoms with E-state index in [4.69, 9.17) is 4.74 Å². The average molecular weight is 557 g/mol. The molecule has 6 nitrogen and oxygen atoms in total. The highest BCUT2D eigenvalue weighted by Crippen LogP contribution is 2.41. The second-order valence-electron chi connectivity index (χ2n) is 9.29. The third-order valence-corrected chi connectivity index (χ3v) is 6.99. The first-order chi connectivity index (χ1) is 18.5. The van der Waals surface area contributed by atoms with E-state index in [0.717, 1.165) is 28.5 Å². The maximum atomic E-state index is 14.1. The number of nitrogens with zero attached hydrogens (tertiary/aromatic N) is 1. The molecule has 0 aliphatic rings. The van der Waals surface area contributed by atoms with E-state index in [1.54, 1.807) is 24.3 Å². The molecule has 10 heteroatoms. The van der Waals surface area contributed by atoms with Crippen LogP contribution in [0.3, 0.4) is 0 Å². The maximum absolute atomic E-state index is 14.1. The van der Waals surface area contributed by atoms with Crippen LogP contribution in [0.25, 0.3) is 21.9 Å². The Labute approximate surface area is 226 Å². The average Bonchev–Trinajstić information content (AvgIpc) is 2.89. The number of fused-ring (bicyclic) bond motifs is 1. The van der Waals surface area contributed by atoms with Crippen molar-refractivity contribution in [3.63, 3.8) is 0 Å². The van der Waals surface area contributed by atoms with E-state index in [0.29, 0.717) is 17.9 Å². The number of ether oxygens (including phenoxy) is 1. The van der Waals surface area contributed by atoms with Crippen molar-refractivity contribution in [1.29, 1.82) is 0 Å². The second-order valence-corrected chi connectivity index (χ2v) is 10.1. The monoisotopic (exact) mass is 556 g/mol. The zero-order chi connectivity index (χ0) is 28.3. The van der Waals surface area contributed by atoms with E-state index in [1.807, 2.05) is 42.5 Å². The minimum atomic E-state index is -4.94. The van der Waals surface area contributed by atoms with Crippen LogP contribution >= 0.6 is 0 Å². The molecule has 0 spiro atoms. The van der Waals surface area contributed by atoms with E-state index in [2.05, 4.69) is 0 Å². The summed E-state index contributed by atoms with van der Waals surface area (Å²) in [5.41, 5.74) is -0.424. The van der Waals surface area contributed by atoms with E-state index in [-0.39, 0.29) is 9.87 Å². The number of carbonyl (C=O) groups is 1. The lowest BCUT2D eigenvalue weighted by atomic mass is 9.99. The summed E-state index contributed by atoms with van der Waals surface area (Å²) in [6.45, 7) is 3.15. The number of aliphatic carboxylic acids is 1. The third-order valence-electron chi connectivity index (χ3n) is 6.24. The van der Waals surface area contributed by atoms with Crippen LogP contribution in [0.15, 0.2) is 84.9 Å². The minimum Gasteiger partial charge on any atom is -0.755 e. The van der Waals surface area contributed by atoms with Crippen molar-refractivity contribution < 1.29 is 36.6 Å². The van der Waals surface area contributed by atoms with Gasteiger partial charge in [-0.3, -0.25) is 8.51 Å². The molecule has 2 unspecified atom stereocenters. The first-order valence-electron chi connectivity index (χ1n) is 12.0. The molecule has 204 valence electrons. The van der Waals surface area contributed by atoms with Gasteiger partial charge in [0.2, 0.25) is 0 Å². The van der Waals surface area contributed by atoms with Crippen molar-refractivity contribution >= 4 is 33.7 Å². The molecule has 39 heavy (non-hydrogen) atoms. The highest BCUT2D eigenvalue weighted by atomic mass is 32.2. The molecule has 0 saturated heterocycles. The number of hydrogen-bond acceptors (Lipinski definition) is 4. The molecule has 0 aliphatic carbocycles. The van der Waals surface area contributed by atoms with Crippen molar-refractivity contribution in [3.05, 3.63) is 96.1 Å². The molecule has 0 radical (unpaired) electrons. The van der Waals surface area contributed by atoms with Crippen molar-refractivity contribution in [2.24, 2.45) is 5.92 Å². The van der Waals surface area contributed by atoms with Crippen LogP contribution in [-0.4, -0.2) is 25.9 Å². The number of alkyl halides is 3. The van der Waals surface area contributed by atoms with Gasteiger partial charge in [0, 0.05) is 11.3 Å². The standard InChI is InChI=1S/C29H26F3NO5S/c1-18(2)27(28(34)35)33(39(36)37)26-14-11-23(16-25(26)29(30,31)32)21-9-12-24(13-10-21)38-17-19-7-8-20-5-3-4-6-22(20)15-19/h3-16,18,27H,17H2,1-2H3,(H,34,35)(H,36,37)/p-1. The van der Waals surface area contributed by atoms with Gasteiger partial charge in [-0.2, -0.15) is 13.2 Å². The SMILES string of the molecule is CC(C)C(C(=O)O)N(c1ccc(-c2ccc(OCc3ccc4ccccc4c3)cc2)cc1C(F)(F)F)S(=O)[O-]. The summed E-state index contributed by atoms with van der Waals surface area (Å²) >= 11 is -3.27. The molecule has 4 aromatic carbocycles. The molecule has 0 heterocycles. The quantitative estimate of drug-likeness (QED) is 0.229. The fourth-order valence-corrected chi connectivity index (χ4v) is 5.19. The Bertz CT molecular complexity index is 1510. The van der Waals surface area contributed by atoms with Crippen molar-refractivity contribution in [2.75, 3.05) is 4.31 Å². The Hall–Kier alpha value is -3.89. The third kappa shape index (κ3) is 6.40. The number of carboxylic acids is 1. The van der Waals surface area contributed by atoms with Crippen molar-refractivity contribution in [3.8, 4) is 16.9 Å². The highest BCUT2D eigenvalue weighted by molar-refractivity contribution is 7.80. The summed E-state index contributed by atoms with van der Waals surface area (Å²) in [5, 5.41) is 11.7. The zero-order valence-corrected chi connectivity index (χ0v) is 21.8. The predicted octanol–water partition coefficient (Wildman–Crippen LogP) is 6.81. The molecule has 0 fully saturated rings. The van der Waals surface area contributed by atoms with E-state index < -0.39 is 46.6 Å². The summed E-state index contributed by atoms with van der Waals surface area (Å²) in [6.07, 6.45) is -4.94. The fourth-order valence-electron chi connectivity index (χ4n) is 4.35. The number of rotatable bonds is 9. The van der Waals surface area contributed by atoms with Crippen LogP contribution in [0, 0.1) is 5.92 Å². The molecule has 0 amide bonds. The van der Waals surface area contributed by atoms with Crippen LogP contribution in [-0.2, 0) is 28.8 Å². The normalized spacial score (nSPS) is 13.3. The van der Waals surface area contributed by atoms with Gasteiger partial charge in [-0.15, -0.1) is 0 Å². The van der Waals surface area contributed by atoms with E-state index in [1.165, 1.54) is 19.9 Å². The van der Waals surface area contributed by atoms with Gasteiger partial charge in [-0.05, 0) is 63.7 Å². The lowest BCUT2D eigenvalue weighted by molar-refractivity contribution is -0.140. The lowest BCUT2D eigenvalue weighted by Crippen LogP contribution is -2.46. The van der Waals surface area contributed by atoms with Gasteiger partial charge in [0.15, 0.2) is 0 Å². The van der Waals surface area contributed by atoms with Crippen LogP contribution < -0.4 is 9.04 Å². The highest BCUT2D eigenvalue weighted by Gasteiger charge is 2.39. The van der Waals surface area contributed by atoms with Crippen LogP contribution in [0.2, 0.25) is 0 Å². The Morgan fingerprint density at radius 1 is 0.949 bits per heavy atom. The summed E-state index contributed by atoms with van der Waals surface area (Å²) in [6, 6.07) is 21.8. The van der Waals surface area contributed by atoms with Gasteiger partial charge >= 0.3 is 12.1 Å². The van der Waals surface area contributed by atoms with Crippen LogP contribution in [0.5, 0.6) is 5.75 Å². The maximum Gasteiger partial charge on any atom is 0.418 e. The largest absolute Gasteiger partial charge is 0.755 e. The van der Waals surface area contributed by atoms with Gasteiger partial charge in [-0.25, -0.2) is 4.79 Å². The summed E-state index contributed by atoms with van der Waals surface area (Å²) in [4.78, 5) is 11.7. The molecule has 0 aromatic heterocycles. The summed E-state index contributed by atoms with van der Waals surface area (Å²) < 4.78 is 72.2. The first kappa shape index (κ1) is 28.1. The molecular formula is C29H25F3NO5S-. The van der Waals surface area contributed by atoms with Crippen molar-refractivity contribution in [2.45, 2.75) is 32.7 Å². The summed E-state index contributed by atoms with van der Waals surface area (Å²) in [7, 11) is 0. The lowest BCUT2D eigenvalue weighted by Gasteiger charge is -2.35. The Kier molecular flexibility index (Phi) is 8.27. The molecule has 0 saturated carbocycles. The van der Waals surface area contributed by atoms with Gasteiger partial charge in [0.05, 0.1) is 11.3 Å². The second kappa shape index (κ2) is 11.5. The van der Waals surface area contributed by atoms with Gasteiger partial charge < -0.3 is 14.4 Å². The molecule has 4 aromatic rings. The smallest absolute Gasteiger partial charge is 0.418 e. The number of hydrogen-bond donors (Lipinski definition) is 1. The van der Waals surface area contributed by atoms with Gasteiger partial charge in [-0.1, -0.05) is 68.4 Å². The first-order valence-corrected chi connectivity index (χ1v) is 13.0. The van der Waals surface area contributed by atoms with Crippen LogP contribution in [0.1, 0.15) is 25.0 Å². The Morgan fingerprint density at radius 3 is 2.18 bits per heavy atom. The van der Waals surface area contributed by atoms with E-state index >= 15 is 0 Å². The topological polar surface area (TPSA) is 89.9 Å². The molecule has 0 aliphatic heterocycles. The summed E-state index contributed by atoms with van der Waals surface area (Å²) in [5.74, 6) is -1.82. The number of halogens is 3. The van der Waals surface area contributed by atoms with Gasteiger partial charge in [0.1, 0.15) is 18.4 Å². The Morgan fingerprint density at radius 2 is 1.59 bits per heavy atom.